The van der Waals surface area contributed by atoms with Crippen molar-refractivity contribution in [1.82, 2.24) is 9.97 Å². The smallest absolute Gasteiger partial charge is 0.240 e. The zero-order valence-electron chi connectivity index (χ0n) is 15.4. The van der Waals surface area contributed by atoms with Gasteiger partial charge in [0, 0.05) is 11.3 Å². The van der Waals surface area contributed by atoms with Gasteiger partial charge in [-0.15, -0.1) is 0 Å². The molecule has 0 fully saturated rings. The largest absolute Gasteiger partial charge is 0.437 e. The molecule has 0 bridgehead atoms. The second kappa shape index (κ2) is 8.85. The first-order valence-electron chi connectivity index (χ1n) is 8.00. The Bertz CT molecular complexity index is 1050. The molecule has 0 unspecified atom stereocenters. The van der Waals surface area contributed by atoms with Gasteiger partial charge >= 0.3 is 0 Å². The number of benzene rings is 1. The molecule has 0 atom stereocenters. The quantitative estimate of drug-likeness (QED) is 0.498. The molecule has 0 spiro atoms. The Morgan fingerprint density at radius 2 is 1.86 bits per heavy atom. The van der Waals surface area contributed by atoms with Crippen molar-refractivity contribution in [2.45, 2.75) is 13.8 Å². The van der Waals surface area contributed by atoms with Gasteiger partial charge in [-0.2, -0.15) is 20.5 Å². The number of nitrogens with two attached hydrogens (primary N) is 1. The summed E-state index contributed by atoms with van der Waals surface area (Å²) in [5, 5.41) is 20.7. The maximum atomic E-state index is 9.08. The number of hydrogen-bond acceptors (Lipinski definition) is 7. The standard InChI is InChI=1S/C20H17BrN6O/c1-11(9-22)5-6-14(4)25-20-26-18(24)16(21)19(27-20)28-17-12(2)7-15(10-23)8-13(17)3/h5-8H,1,4H2,2-3H3,(H3,24,25,26,27)/b6-5-. The summed E-state index contributed by atoms with van der Waals surface area (Å²) in [5.41, 5.74) is 8.80. The number of nitrogens with one attached hydrogen (secondary N) is 1. The molecule has 0 saturated heterocycles. The predicted molar refractivity (Wildman–Crippen MR) is 112 cm³/mol. The molecular weight excluding hydrogens is 420 g/mol. The van der Waals surface area contributed by atoms with Crippen molar-refractivity contribution in [1.29, 1.82) is 10.5 Å². The summed E-state index contributed by atoms with van der Waals surface area (Å²) in [6.45, 7) is 11.1. The lowest BCUT2D eigenvalue weighted by Gasteiger charge is -2.14. The minimum absolute atomic E-state index is 0.176. The molecule has 28 heavy (non-hydrogen) atoms. The van der Waals surface area contributed by atoms with Gasteiger partial charge in [0.1, 0.15) is 16.0 Å². The monoisotopic (exact) mass is 436 g/mol. The lowest BCUT2D eigenvalue weighted by Crippen LogP contribution is -2.06. The summed E-state index contributed by atoms with van der Waals surface area (Å²) in [6.07, 6.45) is 3.08. The van der Waals surface area contributed by atoms with E-state index in [1.807, 2.05) is 19.9 Å². The molecule has 3 N–H and O–H groups in total. The molecule has 0 saturated carbocycles. The molecule has 0 aliphatic rings. The number of halogens is 1. The maximum Gasteiger partial charge on any atom is 0.240 e. The number of aryl methyl sites for hydroxylation is 2. The Morgan fingerprint density at radius 1 is 1.21 bits per heavy atom. The lowest BCUT2D eigenvalue weighted by atomic mass is 10.1. The van der Waals surface area contributed by atoms with Gasteiger partial charge in [0.15, 0.2) is 0 Å². The van der Waals surface area contributed by atoms with Crippen LogP contribution in [0, 0.1) is 36.5 Å². The number of nitrogens with zero attached hydrogens (tertiary/aromatic N) is 4. The van der Waals surface area contributed by atoms with Crippen molar-refractivity contribution in [2.75, 3.05) is 11.1 Å². The average molecular weight is 437 g/mol. The Morgan fingerprint density at radius 3 is 2.43 bits per heavy atom. The maximum absolute atomic E-state index is 9.08. The normalized spacial score (nSPS) is 10.2. The van der Waals surface area contributed by atoms with Crippen LogP contribution in [-0.2, 0) is 0 Å². The van der Waals surface area contributed by atoms with Crippen LogP contribution in [0.4, 0.5) is 11.8 Å². The van der Waals surface area contributed by atoms with Crippen LogP contribution in [0.25, 0.3) is 0 Å². The first-order chi connectivity index (χ1) is 13.2. The van der Waals surface area contributed by atoms with Crippen LogP contribution in [0.15, 0.2) is 53.2 Å². The molecule has 140 valence electrons. The minimum Gasteiger partial charge on any atom is -0.437 e. The molecule has 1 aromatic heterocycles. The first-order valence-corrected chi connectivity index (χ1v) is 8.79. The molecular formula is C20H17BrN6O. The van der Waals surface area contributed by atoms with E-state index in [1.54, 1.807) is 18.2 Å². The molecule has 1 heterocycles. The van der Waals surface area contributed by atoms with Crippen LogP contribution in [0.5, 0.6) is 11.6 Å². The van der Waals surface area contributed by atoms with E-state index < -0.39 is 0 Å². The summed E-state index contributed by atoms with van der Waals surface area (Å²) in [5.74, 6) is 1.14. The highest BCUT2D eigenvalue weighted by Crippen LogP contribution is 2.35. The van der Waals surface area contributed by atoms with Gasteiger partial charge < -0.3 is 15.8 Å². The van der Waals surface area contributed by atoms with Gasteiger partial charge in [-0.3, -0.25) is 0 Å². The van der Waals surface area contributed by atoms with Crippen LogP contribution in [0.1, 0.15) is 16.7 Å². The third kappa shape index (κ3) is 4.97. The Labute approximate surface area is 171 Å². The number of anilines is 2. The number of ether oxygens (including phenoxy) is 1. The SMILES string of the molecule is C=C(C#N)/C=C\C(=C)Nc1nc(N)c(Br)c(Oc2c(C)cc(C#N)cc2C)n1. The van der Waals surface area contributed by atoms with Gasteiger partial charge in [-0.1, -0.05) is 13.2 Å². The van der Waals surface area contributed by atoms with E-state index >= 15 is 0 Å². The summed E-state index contributed by atoms with van der Waals surface area (Å²) in [6, 6.07) is 7.48. The van der Waals surface area contributed by atoms with Crippen molar-refractivity contribution in [3.05, 3.63) is 69.9 Å². The zero-order chi connectivity index (χ0) is 20.8. The summed E-state index contributed by atoms with van der Waals surface area (Å²) < 4.78 is 6.36. The second-order valence-electron chi connectivity index (χ2n) is 5.83. The lowest BCUT2D eigenvalue weighted by molar-refractivity contribution is 0.452. The van der Waals surface area contributed by atoms with E-state index in [-0.39, 0.29) is 23.2 Å². The number of nitriles is 2. The fourth-order valence-electron chi connectivity index (χ4n) is 2.26. The van der Waals surface area contributed by atoms with Crippen LogP contribution in [0.3, 0.4) is 0 Å². The molecule has 2 rings (SSSR count). The number of allylic oxidation sites excluding steroid dienone is 3. The van der Waals surface area contributed by atoms with Crippen LogP contribution in [-0.4, -0.2) is 9.97 Å². The Hall–Kier alpha value is -3.62. The van der Waals surface area contributed by atoms with Crippen molar-refractivity contribution in [3.8, 4) is 23.8 Å². The predicted octanol–water partition coefficient (Wildman–Crippen LogP) is 4.66. The molecule has 8 heteroatoms. The third-order valence-corrected chi connectivity index (χ3v) is 4.28. The average Bonchev–Trinajstić information content (AvgIpc) is 2.65. The molecule has 0 aliphatic heterocycles. The highest BCUT2D eigenvalue weighted by atomic mass is 79.9. The zero-order valence-corrected chi connectivity index (χ0v) is 17.0. The van der Waals surface area contributed by atoms with Gasteiger partial charge in [0.2, 0.25) is 11.8 Å². The molecule has 0 amide bonds. The van der Waals surface area contributed by atoms with E-state index in [0.29, 0.717) is 21.5 Å². The van der Waals surface area contributed by atoms with Crippen LogP contribution >= 0.6 is 15.9 Å². The van der Waals surface area contributed by atoms with Gasteiger partial charge in [-0.25, -0.2) is 0 Å². The minimum atomic E-state index is 0.176. The van der Waals surface area contributed by atoms with Gasteiger partial charge in [0.25, 0.3) is 0 Å². The Kier molecular flexibility index (Phi) is 6.54. The highest BCUT2D eigenvalue weighted by molar-refractivity contribution is 9.10. The fourth-order valence-corrected chi connectivity index (χ4v) is 2.52. The van der Waals surface area contributed by atoms with Crippen molar-refractivity contribution < 1.29 is 4.74 Å². The molecule has 0 radical (unpaired) electrons. The van der Waals surface area contributed by atoms with E-state index in [0.717, 1.165) is 11.1 Å². The van der Waals surface area contributed by atoms with Gasteiger partial charge in [0.05, 0.1) is 17.7 Å². The molecule has 0 aliphatic carbocycles. The van der Waals surface area contributed by atoms with Crippen LogP contribution < -0.4 is 15.8 Å². The number of hydrogen-bond donors (Lipinski definition) is 2. The second-order valence-corrected chi connectivity index (χ2v) is 6.62. The summed E-state index contributed by atoms with van der Waals surface area (Å²) in [4.78, 5) is 8.46. The molecule has 2 aromatic rings. The van der Waals surface area contributed by atoms with E-state index in [4.69, 9.17) is 21.0 Å². The number of rotatable bonds is 6. The first kappa shape index (κ1) is 20.7. The summed E-state index contributed by atoms with van der Waals surface area (Å²) in [7, 11) is 0. The number of nitrogen functional groups attached to an aromatic ring is 1. The molecule has 7 nitrogen and oxygen atoms in total. The van der Waals surface area contributed by atoms with Gasteiger partial charge in [-0.05, 0) is 65.2 Å². The van der Waals surface area contributed by atoms with E-state index in [9.17, 15) is 0 Å². The molecule has 1 aromatic carbocycles. The van der Waals surface area contributed by atoms with E-state index in [1.165, 1.54) is 6.08 Å². The van der Waals surface area contributed by atoms with Crippen LogP contribution in [0.2, 0.25) is 0 Å². The third-order valence-electron chi connectivity index (χ3n) is 3.54. The van der Waals surface area contributed by atoms with Crippen molar-refractivity contribution in [3.63, 3.8) is 0 Å². The highest BCUT2D eigenvalue weighted by Gasteiger charge is 2.15. The topological polar surface area (TPSA) is 121 Å². The Balaban J connectivity index is 2.33. The van der Waals surface area contributed by atoms with E-state index in [2.05, 4.69) is 50.4 Å². The number of aromatic nitrogens is 2. The summed E-state index contributed by atoms with van der Waals surface area (Å²) >= 11 is 3.34. The van der Waals surface area contributed by atoms with Crippen molar-refractivity contribution >= 4 is 27.7 Å². The fraction of sp³-hybridized carbons (Fsp3) is 0.100. The van der Waals surface area contributed by atoms with Crippen molar-refractivity contribution in [2.24, 2.45) is 0 Å².